The lowest BCUT2D eigenvalue weighted by Crippen LogP contribution is -1.98. The number of esters is 1. The number of methoxy groups -OCH3 is 1. The second-order valence-electron chi connectivity index (χ2n) is 1.76. The van der Waals surface area contributed by atoms with E-state index in [0.717, 1.165) is 0 Å². The molecule has 0 spiro atoms. The molecule has 0 aliphatic carbocycles. The highest BCUT2D eigenvalue weighted by molar-refractivity contribution is 5.88. The molecule has 53 valence electrons. The van der Waals surface area contributed by atoms with Crippen molar-refractivity contribution in [1.29, 1.82) is 0 Å². The number of rotatable bonds is 1. The minimum atomic E-state index is -0.394. The van der Waals surface area contributed by atoms with Crippen LogP contribution in [0.1, 0.15) is 10.4 Å². The molecule has 1 heterocycles. The van der Waals surface area contributed by atoms with E-state index in [1.165, 1.54) is 24.2 Å². The summed E-state index contributed by atoms with van der Waals surface area (Å²) in [6.07, 6.45) is 2.89. The van der Waals surface area contributed by atoms with Crippen molar-refractivity contribution in [3.05, 3.63) is 25.0 Å². The first-order valence-electron chi connectivity index (χ1n) is 2.68. The summed E-state index contributed by atoms with van der Waals surface area (Å²) in [6.45, 7) is 0. The molecule has 0 N–H and O–H groups in total. The largest absolute Gasteiger partial charge is 0.465 e. The molecule has 1 rings (SSSR count). The first-order valence-corrected chi connectivity index (χ1v) is 2.68. The van der Waals surface area contributed by atoms with Crippen LogP contribution in [0.25, 0.3) is 0 Å². The lowest BCUT2D eigenvalue weighted by Gasteiger charge is -1.90. The van der Waals surface area contributed by atoms with Gasteiger partial charge in [0, 0.05) is 6.20 Å². The second-order valence-corrected chi connectivity index (χ2v) is 1.76. The molecule has 0 fully saturated rings. The zero-order valence-corrected chi connectivity index (χ0v) is 5.57. The molecule has 0 aliphatic heterocycles. The van der Waals surface area contributed by atoms with Gasteiger partial charge in [-0.1, -0.05) is 0 Å². The van der Waals surface area contributed by atoms with E-state index >= 15 is 0 Å². The molecule has 0 bridgehead atoms. The monoisotopic (exact) mass is 139 g/mol. The predicted octanol–water partition coefficient (Wildman–Crippen LogP) is 0.309. The molecule has 4 nitrogen and oxygen atoms in total. The van der Waals surface area contributed by atoms with Gasteiger partial charge >= 0.3 is 5.97 Å². The molecule has 0 amide bonds. The minimum absolute atomic E-state index is 0.394. The van der Waals surface area contributed by atoms with Crippen LogP contribution in [-0.4, -0.2) is 22.9 Å². The van der Waals surface area contributed by atoms with Crippen molar-refractivity contribution >= 4 is 5.97 Å². The molecule has 1 aromatic rings. The molecular formula is C6H7N2O2. The van der Waals surface area contributed by atoms with Crippen molar-refractivity contribution < 1.29 is 9.53 Å². The summed E-state index contributed by atoms with van der Waals surface area (Å²) in [7, 11) is 4.78. The number of hydrogen-bond acceptors (Lipinski definition) is 3. The second kappa shape index (κ2) is 2.51. The third-order valence-corrected chi connectivity index (χ3v) is 1.05. The molecule has 1 aromatic heterocycles. The van der Waals surface area contributed by atoms with Gasteiger partial charge in [0.25, 0.3) is 0 Å². The van der Waals surface area contributed by atoms with Gasteiger partial charge in [-0.05, 0) is 0 Å². The summed E-state index contributed by atoms with van der Waals surface area (Å²) >= 11 is 0. The van der Waals surface area contributed by atoms with Crippen LogP contribution in [0.15, 0.2) is 12.4 Å². The summed E-state index contributed by atoms with van der Waals surface area (Å²) in [5, 5.41) is 3.69. The first kappa shape index (κ1) is 6.80. The SMILES string of the molecule is [CH2]n1cc(C(=O)OC)cn1. The van der Waals surface area contributed by atoms with E-state index in [-0.39, 0.29) is 0 Å². The molecule has 0 unspecified atom stereocenters. The number of carbonyl (C=O) groups is 1. The zero-order valence-electron chi connectivity index (χ0n) is 5.57. The van der Waals surface area contributed by atoms with Crippen LogP contribution < -0.4 is 0 Å². The van der Waals surface area contributed by atoms with E-state index in [1.54, 1.807) is 0 Å². The Morgan fingerprint density at radius 3 is 3.00 bits per heavy atom. The molecule has 0 saturated heterocycles. The van der Waals surface area contributed by atoms with Crippen LogP contribution in [0.3, 0.4) is 0 Å². The van der Waals surface area contributed by atoms with Crippen LogP contribution in [-0.2, 0) is 4.74 Å². The van der Waals surface area contributed by atoms with E-state index in [4.69, 9.17) is 0 Å². The van der Waals surface area contributed by atoms with Gasteiger partial charge in [-0.25, -0.2) is 4.79 Å². The molecule has 10 heavy (non-hydrogen) atoms. The van der Waals surface area contributed by atoms with Gasteiger partial charge in [0.2, 0.25) is 0 Å². The maximum absolute atomic E-state index is 10.7. The lowest BCUT2D eigenvalue weighted by molar-refractivity contribution is 0.0600. The van der Waals surface area contributed by atoms with Crippen molar-refractivity contribution in [3.8, 4) is 0 Å². The lowest BCUT2D eigenvalue weighted by atomic mass is 10.4. The van der Waals surface area contributed by atoms with Crippen LogP contribution in [0.5, 0.6) is 0 Å². The summed E-state index contributed by atoms with van der Waals surface area (Å²) in [5.74, 6) is -0.394. The van der Waals surface area contributed by atoms with E-state index < -0.39 is 5.97 Å². The Morgan fingerprint density at radius 2 is 2.60 bits per heavy atom. The van der Waals surface area contributed by atoms with Gasteiger partial charge in [0.1, 0.15) is 0 Å². The van der Waals surface area contributed by atoms with Gasteiger partial charge < -0.3 is 4.74 Å². The van der Waals surface area contributed by atoms with E-state index in [1.807, 2.05) is 0 Å². The Kier molecular flexibility index (Phi) is 1.71. The zero-order chi connectivity index (χ0) is 7.56. The van der Waals surface area contributed by atoms with Gasteiger partial charge in [-0.3, -0.25) is 4.68 Å². The average Bonchev–Trinajstić information content (AvgIpc) is 2.34. The molecule has 0 saturated carbocycles. The Morgan fingerprint density at radius 1 is 1.90 bits per heavy atom. The highest BCUT2D eigenvalue weighted by atomic mass is 16.5. The highest BCUT2D eigenvalue weighted by Gasteiger charge is 2.05. The van der Waals surface area contributed by atoms with Crippen molar-refractivity contribution in [3.63, 3.8) is 0 Å². The number of carbonyl (C=O) groups excluding carboxylic acids is 1. The van der Waals surface area contributed by atoms with Gasteiger partial charge in [0.05, 0.1) is 25.9 Å². The molecule has 0 atom stereocenters. The maximum Gasteiger partial charge on any atom is 0.341 e. The standard InChI is InChI=1S/C6H7N2O2/c1-8-4-5(3-7-8)6(9)10-2/h3-4H,1H2,2H3. The van der Waals surface area contributed by atoms with Crippen molar-refractivity contribution in [2.75, 3.05) is 7.11 Å². The van der Waals surface area contributed by atoms with E-state index in [2.05, 4.69) is 16.9 Å². The third-order valence-electron chi connectivity index (χ3n) is 1.05. The first-order chi connectivity index (χ1) is 4.74. The number of aromatic nitrogens is 2. The highest BCUT2D eigenvalue weighted by Crippen LogP contribution is 1.97. The molecular weight excluding hydrogens is 132 g/mol. The minimum Gasteiger partial charge on any atom is -0.465 e. The van der Waals surface area contributed by atoms with E-state index in [9.17, 15) is 4.79 Å². The quantitative estimate of drug-likeness (QED) is 0.526. The average molecular weight is 139 g/mol. The fourth-order valence-corrected chi connectivity index (χ4v) is 0.587. The maximum atomic E-state index is 10.7. The molecule has 4 heteroatoms. The Hall–Kier alpha value is -1.32. The van der Waals surface area contributed by atoms with Crippen LogP contribution in [0.2, 0.25) is 0 Å². The normalized spacial score (nSPS) is 9.40. The smallest absolute Gasteiger partial charge is 0.341 e. The molecule has 0 aromatic carbocycles. The Bertz CT molecular complexity index is 242. The van der Waals surface area contributed by atoms with Gasteiger partial charge in [0.15, 0.2) is 0 Å². The summed E-state index contributed by atoms with van der Waals surface area (Å²) in [5.41, 5.74) is 0.414. The van der Waals surface area contributed by atoms with Crippen LogP contribution >= 0.6 is 0 Å². The summed E-state index contributed by atoms with van der Waals surface area (Å²) in [6, 6.07) is 0. The van der Waals surface area contributed by atoms with E-state index in [0.29, 0.717) is 5.56 Å². The van der Waals surface area contributed by atoms with Gasteiger partial charge in [-0.2, -0.15) is 5.10 Å². The summed E-state index contributed by atoms with van der Waals surface area (Å²) in [4.78, 5) is 10.7. The van der Waals surface area contributed by atoms with Crippen molar-refractivity contribution in [2.45, 2.75) is 0 Å². The fourth-order valence-electron chi connectivity index (χ4n) is 0.587. The fraction of sp³-hybridized carbons (Fsp3) is 0.167. The number of hydrogen-bond donors (Lipinski definition) is 0. The Labute approximate surface area is 58.4 Å². The predicted molar refractivity (Wildman–Crippen MR) is 34.3 cm³/mol. The third kappa shape index (κ3) is 1.15. The number of ether oxygens (including phenoxy) is 1. The van der Waals surface area contributed by atoms with Gasteiger partial charge in [-0.15, -0.1) is 0 Å². The summed E-state index contributed by atoms with van der Waals surface area (Å²) < 4.78 is 5.73. The topological polar surface area (TPSA) is 44.1 Å². The molecule has 0 aliphatic rings. The van der Waals surface area contributed by atoms with Crippen LogP contribution in [0.4, 0.5) is 0 Å². The molecule has 1 radical (unpaired) electrons. The number of nitrogens with zero attached hydrogens (tertiary/aromatic N) is 2. The van der Waals surface area contributed by atoms with Crippen LogP contribution in [0, 0.1) is 7.05 Å². The van der Waals surface area contributed by atoms with Crippen molar-refractivity contribution in [1.82, 2.24) is 9.78 Å². The Balaban J connectivity index is 2.85. The van der Waals surface area contributed by atoms with Crippen molar-refractivity contribution in [2.24, 2.45) is 0 Å².